The van der Waals surface area contributed by atoms with E-state index in [9.17, 15) is 4.79 Å². The van der Waals surface area contributed by atoms with Gasteiger partial charge in [0.25, 0.3) is 5.91 Å². The lowest BCUT2D eigenvalue weighted by Crippen LogP contribution is -2.40. The van der Waals surface area contributed by atoms with Crippen LogP contribution in [0.2, 0.25) is 5.02 Å². The molecule has 3 N–H and O–H groups in total. The molecule has 0 bridgehead atoms. The fourth-order valence-electron chi connectivity index (χ4n) is 2.77. The molecular weight excluding hydrogens is 340 g/mol. The normalized spacial score (nSPS) is 20.3. The van der Waals surface area contributed by atoms with E-state index in [1.54, 1.807) is 25.2 Å². The van der Waals surface area contributed by atoms with E-state index in [4.69, 9.17) is 27.0 Å². The van der Waals surface area contributed by atoms with Gasteiger partial charge in [0.15, 0.2) is 0 Å². The van der Waals surface area contributed by atoms with E-state index in [2.05, 4.69) is 10.6 Å². The summed E-state index contributed by atoms with van der Waals surface area (Å²) in [6.07, 6.45) is 5.86. The summed E-state index contributed by atoms with van der Waals surface area (Å²) in [5.41, 5.74) is 0.727. The lowest BCUT2D eigenvalue weighted by atomic mass is 9.92. The smallest absolute Gasteiger partial charge is 0.254 e. The number of benzene rings is 1. The van der Waals surface area contributed by atoms with Crippen molar-refractivity contribution in [3.8, 4) is 11.8 Å². The van der Waals surface area contributed by atoms with Crippen molar-refractivity contribution in [2.45, 2.75) is 37.8 Å². The van der Waals surface area contributed by atoms with Crippen LogP contribution in [0.5, 0.6) is 5.75 Å². The predicted molar refractivity (Wildman–Crippen MR) is 96.9 cm³/mol. The Morgan fingerprint density at radius 3 is 2.68 bits per heavy atom. The monoisotopic (exact) mass is 360 g/mol. The van der Waals surface area contributed by atoms with Gasteiger partial charge in [0.1, 0.15) is 11.8 Å². The van der Waals surface area contributed by atoms with Gasteiger partial charge in [-0.05, 0) is 37.8 Å². The number of nitrogens with zero attached hydrogens (tertiary/aromatic N) is 1. The molecule has 2 rings (SSSR count). The highest BCUT2D eigenvalue weighted by Gasteiger charge is 2.24. The molecule has 132 valence electrons. The Kier molecular flexibility index (Phi) is 6.84. The highest BCUT2D eigenvalue weighted by Crippen LogP contribution is 2.27. The van der Waals surface area contributed by atoms with Gasteiger partial charge in [0.2, 0.25) is 0 Å². The Bertz CT molecular complexity index is 704. The van der Waals surface area contributed by atoms with E-state index in [0.29, 0.717) is 21.9 Å². The summed E-state index contributed by atoms with van der Waals surface area (Å²) >= 11 is 6.02. The van der Waals surface area contributed by atoms with Crippen LogP contribution in [0.25, 0.3) is 0 Å². The van der Waals surface area contributed by atoms with Crippen molar-refractivity contribution in [1.29, 1.82) is 10.7 Å². The van der Waals surface area contributed by atoms with E-state index >= 15 is 0 Å². The van der Waals surface area contributed by atoms with Gasteiger partial charge in [-0.25, -0.2) is 0 Å². The first-order valence-electron chi connectivity index (χ1n) is 8.12. The van der Waals surface area contributed by atoms with Crippen LogP contribution in [0.4, 0.5) is 0 Å². The lowest BCUT2D eigenvalue weighted by molar-refractivity contribution is -0.118. The molecular formula is C18H21ClN4O2. The second-order valence-corrected chi connectivity index (χ2v) is 6.26. The molecule has 0 aromatic heterocycles. The number of hydrogen-bond acceptors (Lipinski definition) is 5. The standard InChI is InChI=1S/C18H21ClN4O2/c1-22-11-13(10-21)18(24)23-14-3-6-15(7-4-14)25-16-5-2-12(9-20)17(19)8-16/h2,5,8,10-11,14-15,21-22H,3-4,6-7H2,1H3,(H,23,24)/b13-11+,21-10?/t14-,15-. The molecule has 0 aliphatic heterocycles. The number of amides is 1. The molecule has 25 heavy (non-hydrogen) atoms. The van der Waals surface area contributed by atoms with Crippen LogP contribution in [0, 0.1) is 16.7 Å². The topological polar surface area (TPSA) is 98.0 Å². The summed E-state index contributed by atoms with van der Waals surface area (Å²) in [6.45, 7) is 0. The van der Waals surface area contributed by atoms with Crippen LogP contribution < -0.4 is 15.4 Å². The van der Waals surface area contributed by atoms with Crippen LogP contribution in [0.3, 0.4) is 0 Å². The van der Waals surface area contributed by atoms with Crippen molar-refractivity contribution in [2.75, 3.05) is 7.05 Å². The van der Waals surface area contributed by atoms with Gasteiger partial charge in [-0.15, -0.1) is 0 Å². The van der Waals surface area contributed by atoms with Crippen molar-refractivity contribution in [1.82, 2.24) is 10.6 Å². The largest absolute Gasteiger partial charge is 0.490 e. The Morgan fingerprint density at radius 2 is 2.12 bits per heavy atom. The molecule has 1 aromatic rings. The predicted octanol–water partition coefficient (Wildman–Crippen LogP) is 2.77. The molecule has 6 nitrogen and oxygen atoms in total. The number of halogens is 1. The lowest BCUT2D eigenvalue weighted by Gasteiger charge is -2.29. The van der Waals surface area contributed by atoms with Crippen molar-refractivity contribution < 1.29 is 9.53 Å². The molecule has 0 radical (unpaired) electrons. The maximum absolute atomic E-state index is 12.1. The minimum absolute atomic E-state index is 0.0622. The Labute approximate surface area is 152 Å². The first-order chi connectivity index (χ1) is 12.1. The van der Waals surface area contributed by atoms with Gasteiger partial charge in [-0.3, -0.25) is 4.79 Å². The Balaban J connectivity index is 1.84. The van der Waals surface area contributed by atoms with E-state index < -0.39 is 0 Å². The molecule has 1 fully saturated rings. The summed E-state index contributed by atoms with van der Waals surface area (Å²) in [5, 5.41) is 22.3. The number of ether oxygens (including phenoxy) is 1. The van der Waals surface area contributed by atoms with E-state index in [1.165, 1.54) is 6.20 Å². The van der Waals surface area contributed by atoms with E-state index in [-0.39, 0.29) is 18.1 Å². The zero-order valence-electron chi connectivity index (χ0n) is 14.0. The van der Waals surface area contributed by atoms with Gasteiger partial charge in [0, 0.05) is 31.6 Å². The molecule has 1 aliphatic rings. The summed E-state index contributed by atoms with van der Waals surface area (Å²) in [6, 6.07) is 7.16. The van der Waals surface area contributed by atoms with Crippen molar-refractivity contribution >= 4 is 23.7 Å². The van der Waals surface area contributed by atoms with Gasteiger partial charge in [-0.1, -0.05) is 11.6 Å². The van der Waals surface area contributed by atoms with Crippen LogP contribution in [0.1, 0.15) is 31.2 Å². The molecule has 0 atom stereocenters. The summed E-state index contributed by atoms with van der Waals surface area (Å²) in [7, 11) is 1.69. The number of hydrogen-bond donors (Lipinski definition) is 3. The Morgan fingerprint density at radius 1 is 1.40 bits per heavy atom. The zero-order valence-corrected chi connectivity index (χ0v) is 14.8. The van der Waals surface area contributed by atoms with Crippen molar-refractivity contribution in [3.63, 3.8) is 0 Å². The fourth-order valence-corrected chi connectivity index (χ4v) is 2.99. The maximum Gasteiger partial charge on any atom is 0.254 e. The number of carbonyl (C=O) groups is 1. The maximum atomic E-state index is 12.1. The molecule has 1 saturated carbocycles. The van der Waals surface area contributed by atoms with Crippen LogP contribution >= 0.6 is 11.6 Å². The average molecular weight is 361 g/mol. The Hall–Kier alpha value is -2.52. The number of nitrogens with one attached hydrogen (secondary N) is 3. The third-order valence-electron chi connectivity index (χ3n) is 4.09. The number of rotatable bonds is 6. The first-order valence-corrected chi connectivity index (χ1v) is 8.50. The second kappa shape index (κ2) is 9.09. The minimum atomic E-state index is -0.243. The SMILES string of the molecule is CN/C=C(\C=N)C(=O)N[C@H]1CC[C@H](Oc2ccc(C#N)c(Cl)c2)CC1. The third kappa shape index (κ3) is 5.23. The quantitative estimate of drug-likeness (QED) is 0.536. The van der Waals surface area contributed by atoms with Gasteiger partial charge in [0.05, 0.1) is 22.3 Å². The highest BCUT2D eigenvalue weighted by atomic mass is 35.5. The van der Waals surface area contributed by atoms with Crippen LogP contribution in [-0.2, 0) is 4.79 Å². The summed E-state index contributed by atoms with van der Waals surface area (Å²) in [4.78, 5) is 12.1. The average Bonchev–Trinajstić information content (AvgIpc) is 2.61. The molecule has 7 heteroatoms. The third-order valence-corrected chi connectivity index (χ3v) is 4.40. The highest BCUT2D eigenvalue weighted by molar-refractivity contribution is 6.31. The summed E-state index contributed by atoms with van der Waals surface area (Å²) < 4.78 is 5.93. The van der Waals surface area contributed by atoms with Gasteiger partial charge < -0.3 is 20.8 Å². The minimum Gasteiger partial charge on any atom is -0.490 e. The van der Waals surface area contributed by atoms with Crippen LogP contribution in [0.15, 0.2) is 30.0 Å². The molecule has 0 spiro atoms. The molecule has 0 heterocycles. The van der Waals surface area contributed by atoms with E-state index in [0.717, 1.165) is 31.9 Å². The molecule has 1 aromatic carbocycles. The molecule has 0 unspecified atom stereocenters. The van der Waals surface area contributed by atoms with Gasteiger partial charge >= 0.3 is 0 Å². The fraction of sp³-hybridized carbons (Fsp3) is 0.389. The first kappa shape index (κ1) is 18.8. The summed E-state index contributed by atoms with van der Waals surface area (Å²) in [5.74, 6) is 0.409. The molecule has 1 amide bonds. The van der Waals surface area contributed by atoms with E-state index in [1.807, 2.05) is 6.07 Å². The number of carbonyl (C=O) groups excluding carboxylic acids is 1. The molecule has 0 saturated heterocycles. The van der Waals surface area contributed by atoms with Crippen LogP contribution in [-0.4, -0.2) is 31.3 Å². The second-order valence-electron chi connectivity index (χ2n) is 5.85. The van der Waals surface area contributed by atoms with Crippen molar-refractivity contribution in [2.24, 2.45) is 0 Å². The zero-order chi connectivity index (χ0) is 18.2. The van der Waals surface area contributed by atoms with Gasteiger partial charge in [-0.2, -0.15) is 5.26 Å². The molecule has 1 aliphatic carbocycles. The number of nitriles is 1. The van der Waals surface area contributed by atoms with Crippen molar-refractivity contribution in [3.05, 3.63) is 40.6 Å².